The zero-order valence-corrected chi connectivity index (χ0v) is 10.4. The zero-order chi connectivity index (χ0) is 12.6. The van der Waals surface area contributed by atoms with Gasteiger partial charge >= 0.3 is 5.97 Å². The highest BCUT2D eigenvalue weighted by Gasteiger charge is 2.39. The molecule has 0 heterocycles. The number of fused-ring (bicyclic) bond motifs is 1. The summed E-state index contributed by atoms with van der Waals surface area (Å²) in [6.07, 6.45) is 1.40. The summed E-state index contributed by atoms with van der Waals surface area (Å²) in [6.45, 7) is 0. The molecular weight excluding hydrogens is 263 g/mol. The maximum atomic E-state index is 11.2. The van der Waals surface area contributed by atoms with E-state index in [4.69, 9.17) is 28.3 Å². The number of aliphatic carboxylic acids is 1. The number of rotatable bonds is 3. The molecule has 1 aliphatic carbocycles. The van der Waals surface area contributed by atoms with E-state index < -0.39 is 11.4 Å². The molecule has 2 rings (SSSR count). The smallest absolute Gasteiger partial charge is 0.304 e. The average molecular weight is 273 g/mol. The summed E-state index contributed by atoms with van der Waals surface area (Å²) in [6, 6.07) is 3.43. The molecule has 0 amide bonds. The monoisotopic (exact) mass is 272 g/mol. The lowest BCUT2D eigenvalue weighted by molar-refractivity contribution is -0.141. The number of carbonyl (C=O) groups excluding carboxylic acids is 1. The first-order chi connectivity index (χ1) is 7.96. The normalized spacial score (nSPS) is 16.6. The van der Waals surface area contributed by atoms with Crippen molar-refractivity contribution < 1.29 is 14.7 Å². The van der Waals surface area contributed by atoms with Crippen molar-refractivity contribution in [3.05, 3.63) is 33.3 Å². The quantitative estimate of drug-likeness (QED) is 0.861. The predicted molar refractivity (Wildman–Crippen MR) is 64.6 cm³/mol. The van der Waals surface area contributed by atoms with Crippen molar-refractivity contribution in [3.63, 3.8) is 0 Å². The van der Waals surface area contributed by atoms with E-state index in [0.717, 1.165) is 17.4 Å². The Morgan fingerprint density at radius 3 is 2.12 bits per heavy atom. The molecule has 0 atom stereocenters. The number of carboxylic acid groups (broad SMARTS) is 1. The number of carboxylic acids is 1. The van der Waals surface area contributed by atoms with E-state index in [1.165, 1.54) is 0 Å². The summed E-state index contributed by atoms with van der Waals surface area (Å²) >= 11 is 11.8. The summed E-state index contributed by atoms with van der Waals surface area (Å²) in [7, 11) is 0. The first-order valence-corrected chi connectivity index (χ1v) is 5.86. The van der Waals surface area contributed by atoms with E-state index in [-0.39, 0.29) is 6.42 Å². The highest BCUT2D eigenvalue weighted by atomic mass is 35.5. The van der Waals surface area contributed by atoms with Gasteiger partial charge in [0.15, 0.2) is 0 Å². The van der Waals surface area contributed by atoms with Crippen LogP contribution in [-0.2, 0) is 22.4 Å². The molecule has 1 N–H and O–H groups in total. The minimum atomic E-state index is -0.970. The van der Waals surface area contributed by atoms with Gasteiger partial charge in [0.25, 0.3) is 0 Å². The fraction of sp³-hybridized carbons (Fsp3) is 0.333. The first-order valence-electron chi connectivity index (χ1n) is 5.11. The van der Waals surface area contributed by atoms with Gasteiger partial charge in [-0.3, -0.25) is 4.79 Å². The Bertz CT molecular complexity index is 466. The van der Waals surface area contributed by atoms with Crippen molar-refractivity contribution in [2.75, 3.05) is 0 Å². The average Bonchev–Trinajstić information content (AvgIpc) is 2.56. The largest absolute Gasteiger partial charge is 0.481 e. The lowest BCUT2D eigenvalue weighted by Gasteiger charge is -2.18. The SMILES string of the molecule is O=CC1(CC(=O)O)Cc2cc(Cl)c(Cl)cc2C1. The molecule has 3 nitrogen and oxygen atoms in total. The number of halogens is 2. The zero-order valence-electron chi connectivity index (χ0n) is 8.87. The number of benzene rings is 1. The van der Waals surface area contributed by atoms with Crippen LogP contribution in [0, 0.1) is 5.41 Å². The molecule has 0 aromatic heterocycles. The Kier molecular flexibility index (Phi) is 3.15. The van der Waals surface area contributed by atoms with E-state index in [9.17, 15) is 9.59 Å². The second-order valence-corrected chi connectivity index (χ2v) is 5.25. The van der Waals surface area contributed by atoms with Crippen LogP contribution in [0.25, 0.3) is 0 Å². The van der Waals surface area contributed by atoms with Gasteiger partial charge in [-0.25, -0.2) is 0 Å². The Hall–Kier alpha value is -1.06. The molecule has 5 heteroatoms. The topological polar surface area (TPSA) is 54.4 Å². The Labute approximate surface area is 108 Å². The molecule has 0 spiro atoms. The van der Waals surface area contributed by atoms with E-state index in [1.54, 1.807) is 12.1 Å². The molecule has 0 bridgehead atoms. The summed E-state index contributed by atoms with van der Waals surface area (Å²) in [4.78, 5) is 22.0. The van der Waals surface area contributed by atoms with Crippen LogP contribution >= 0.6 is 23.2 Å². The fourth-order valence-corrected chi connectivity index (χ4v) is 2.70. The molecule has 0 aliphatic heterocycles. The predicted octanol–water partition coefficient (Wildman–Crippen LogP) is 2.75. The molecule has 17 heavy (non-hydrogen) atoms. The van der Waals surface area contributed by atoms with Gasteiger partial charge in [-0.1, -0.05) is 23.2 Å². The van der Waals surface area contributed by atoms with Gasteiger partial charge in [0.2, 0.25) is 0 Å². The van der Waals surface area contributed by atoms with Crippen LogP contribution in [0.4, 0.5) is 0 Å². The van der Waals surface area contributed by atoms with E-state index >= 15 is 0 Å². The molecule has 0 unspecified atom stereocenters. The number of hydrogen-bond donors (Lipinski definition) is 1. The minimum Gasteiger partial charge on any atom is -0.481 e. The van der Waals surface area contributed by atoms with Crippen molar-refractivity contribution in [1.29, 1.82) is 0 Å². The van der Waals surface area contributed by atoms with Crippen molar-refractivity contribution >= 4 is 35.5 Å². The molecule has 0 radical (unpaired) electrons. The second kappa shape index (κ2) is 4.31. The summed E-state index contributed by atoms with van der Waals surface area (Å²) in [5.74, 6) is -0.970. The molecule has 0 fully saturated rings. The van der Waals surface area contributed by atoms with Crippen LogP contribution in [-0.4, -0.2) is 17.4 Å². The Balaban J connectivity index is 2.36. The standard InChI is InChI=1S/C12H10Cl2O3/c13-9-1-7-3-12(6-15,5-11(16)17)4-8(7)2-10(9)14/h1-2,6H,3-5H2,(H,16,17). The van der Waals surface area contributed by atoms with E-state index in [1.807, 2.05) is 0 Å². The molecule has 1 aliphatic rings. The molecule has 90 valence electrons. The summed E-state index contributed by atoms with van der Waals surface area (Å²) in [5, 5.41) is 9.71. The van der Waals surface area contributed by atoms with Gasteiger partial charge in [0.05, 0.1) is 16.5 Å². The molecular formula is C12H10Cl2O3. The van der Waals surface area contributed by atoms with Crippen molar-refractivity contribution in [2.45, 2.75) is 19.3 Å². The maximum absolute atomic E-state index is 11.2. The van der Waals surface area contributed by atoms with Crippen molar-refractivity contribution in [1.82, 2.24) is 0 Å². The lowest BCUT2D eigenvalue weighted by atomic mass is 9.83. The summed E-state index contributed by atoms with van der Waals surface area (Å²) in [5.41, 5.74) is 0.975. The van der Waals surface area contributed by atoms with Gasteiger partial charge in [0, 0.05) is 5.41 Å². The van der Waals surface area contributed by atoms with Crippen LogP contribution in [0.5, 0.6) is 0 Å². The summed E-state index contributed by atoms with van der Waals surface area (Å²) < 4.78 is 0. The minimum absolute atomic E-state index is 0.166. The van der Waals surface area contributed by atoms with Gasteiger partial charge in [-0.2, -0.15) is 0 Å². The molecule has 0 saturated heterocycles. The Morgan fingerprint density at radius 2 is 1.76 bits per heavy atom. The number of carbonyl (C=O) groups is 2. The third kappa shape index (κ3) is 2.31. The Morgan fingerprint density at radius 1 is 1.29 bits per heavy atom. The van der Waals surface area contributed by atoms with Gasteiger partial charge < -0.3 is 9.90 Å². The van der Waals surface area contributed by atoms with Crippen LogP contribution in [0.3, 0.4) is 0 Å². The third-order valence-electron chi connectivity index (χ3n) is 3.08. The third-order valence-corrected chi connectivity index (χ3v) is 3.80. The van der Waals surface area contributed by atoms with Crippen molar-refractivity contribution in [3.8, 4) is 0 Å². The van der Waals surface area contributed by atoms with E-state index in [0.29, 0.717) is 22.9 Å². The van der Waals surface area contributed by atoms with Crippen LogP contribution in [0.15, 0.2) is 12.1 Å². The van der Waals surface area contributed by atoms with Crippen molar-refractivity contribution in [2.24, 2.45) is 5.41 Å². The van der Waals surface area contributed by atoms with Crippen LogP contribution in [0.2, 0.25) is 10.0 Å². The maximum Gasteiger partial charge on any atom is 0.304 e. The molecule has 0 saturated carbocycles. The highest BCUT2D eigenvalue weighted by molar-refractivity contribution is 6.42. The number of hydrogen-bond acceptors (Lipinski definition) is 2. The van der Waals surface area contributed by atoms with Gasteiger partial charge in [-0.15, -0.1) is 0 Å². The van der Waals surface area contributed by atoms with Gasteiger partial charge in [-0.05, 0) is 36.1 Å². The van der Waals surface area contributed by atoms with Crippen LogP contribution < -0.4 is 0 Å². The second-order valence-electron chi connectivity index (χ2n) is 4.44. The fourth-order valence-electron chi connectivity index (χ4n) is 2.33. The van der Waals surface area contributed by atoms with E-state index in [2.05, 4.69) is 0 Å². The van der Waals surface area contributed by atoms with Crippen LogP contribution in [0.1, 0.15) is 17.5 Å². The first kappa shape index (κ1) is 12.4. The highest BCUT2D eigenvalue weighted by Crippen LogP contribution is 2.41. The van der Waals surface area contributed by atoms with Gasteiger partial charge in [0.1, 0.15) is 6.29 Å². The lowest BCUT2D eigenvalue weighted by Crippen LogP contribution is -2.26. The molecule has 1 aromatic rings. The number of aldehydes is 1. The molecule has 1 aromatic carbocycles.